The molecule has 1 aromatic heterocycles. The molecule has 0 aliphatic carbocycles. The maximum Gasteiger partial charge on any atom is 0.236 e. The van der Waals surface area contributed by atoms with Gasteiger partial charge in [0.2, 0.25) is 5.91 Å². The van der Waals surface area contributed by atoms with Crippen LogP contribution < -0.4 is 5.32 Å². The van der Waals surface area contributed by atoms with Crippen molar-refractivity contribution < 1.29 is 4.79 Å². The zero-order chi connectivity index (χ0) is 15.4. The molecule has 1 fully saturated rings. The zero-order valence-electron chi connectivity index (χ0n) is 13.1. The summed E-state index contributed by atoms with van der Waals surface area (Å²) in [4.78, 5) is 19.6. The Labute approximate surface area is 131 Å². The van der Waals surface area contributed by atoms with Crippen LogP contribution in [0.15, 0.2) is 30.5 Å². The minimum absolute atomic E-state index is 0.215. The third kappa shape index (κ3) is 3.48. The van der Waals surface area contributed by atoms with Crippen LogP contribution in [0.3, 0.4) is 0 Å². The van der Waals surface area contributed by atoms with Gasteiger partial charge in [0.25, 0.3) is 0 Å². The number of amides is 1. The summed E-state index contributed by atoms with van der Waals surface area (Å²) >= 11 is 0. The number of para-hydroxylation sites is 1. The molecule has 1 aromatic carbocycles. The van der Waals surface area contributed by atoms with Crippen molar-refractivity contribution in [1.82, 2.24) is 20.1 Å². The third-order valence-electron chi connectivity index (χ3n) is 4.38. The van der Waals surface area contributed by atoms with Crippen molar-refractivity contribution in [2.75, 3.05) is 46.3 Å². The molecule has 22 heavy (non-hydrogen) atoms. The Morgan fingerprint density at radius 2 is 2.00 bits per heavy atom. The Kier molecular flexibility index (Phi) is 4.75. The number of carbonyl (C=O) groups is 1. The number of H-pyrrole nitrogens is 1. The number of aromatic amines is 1. The minimum atomic E-state index is 0.215. The van der Waals surface area contributed by atoms with Gasteiger partial charge in [0.15, 0.2) is 0 Å². The second-order valence-corrected chi connectivity index (χ2v) is 5.97. The fourth-order valence-corrected chi connectivity index (χ4v) is 2.92. The number of rotatable bonds is 5. The molecule has 1 amide bonds. The molecule has 3 rings (SSSR count). The summed E-state index contributed by atoms with van der Waals surface area (Å²) in [6, 6.07) is 8.32. The first-order chi connectivity index (χ1) is 10.7. The molecule has 1 aliphatic rings. The molecule has 0 radical (unpaired) electrons. The number of nitrogens with zero attached hydrogens (tertiary/aromatic N) is 2. The smallest absolute Gasteiger partial charge is 0.236 e. The van der Waals surface area contributed by atoms with Crippen molar-refractivity contribution in [3.8, 4) is 0 Å². The van der Waals surface area contributed by atoms with Gasteiger partial charge in [-0.05, 0) is 31.6 Å². The van der Waals surface area contributed by atoms with Crippen LogP contribution in [-0.2, 0) is 11.2 Å². The van der Waals surface area contributed by atoms with Crippen molar-refractivity contribution in [2.24, 2.45) is 0 Å². The molecule has 0 spiro atoms. The highest BCUT2D eigenvalue weighted by Gasteiger charge is 2.18. The quantitative estimate of drug-likeness (QED) is 0.812. The van der Waals surface area contributed by atoms with E-state index in [0.717, 1.165) is 39.1 Å². The largest absolute Gasteiger partial charge is 0.361 e. The normalized spacial score (nSPS) is 16.3. The number of carbonyl (C=O) groups excluding carboxylic acids is 1. The molecule has 2 aromatic rings. The van der Waals surface area contributed by atoms with E-state index in [-0.39, 0.29) is 5.91 Å². The Bertz CT molecular complexity index is 628. The highest BCUT2D eigenvalue weighted by Crippen LogP contribution is 2.17. The number of hydrogen-bond acceptors (Lipinski definition) is 3. The zero-order valence-corrected chi connectivity index (χ0v) is 13.1. The van der Waals surface area contributed by atoms with E-state index >= 15 is 0 Å². The number of hydrogen-bond donors (Lipinski definition) is 2. The summed E-state index contributed by atoms with van der Waals surface area (Å²) in [6.45, 7) is 4.90. The SMILES string of the molecule is CN1CCN(C(=O)CNCCc2c[nH]c3ccccc23)CC1. The molecule has 0 atom stereocenters. The van der Waals surface area contributed by atoms with E-state index in [1.165, 1.54) is 16.5 Å². The average molecular weight is 300 g/mol. The number of nitrogens with one attached hydrogen (secondary N) is 2. The first-order valence-corrected chi connectivity index (χ1v) is 7.96. The predicted octanol–water partition coefficient (Wildman–Crippen LogP) is 1.07. The van der Waals surface area contributed by atoms with Gasteiger partial charge in [0.05, 0.1) is 6.54 Å². The van der Waals surface area contributed by atoms with Crippen LogP contribution in [0.1, 0.15) is 5.56 Å². The fourth-order valence-electron chi connectivity index (χ4n) is 2.92. The van der Waals surface area contributed by atoms with Crippen molar-refractivity contribution in [1.29, 1.82) is 0 Å². The lowest BCUT2D eigenvalue weighted by molar-refractivity contribution is -0.131. The van der Waals surface area contributed by atoms with Gasteiger partial charge in [-0.3, -0.25) is 4.79 Å². The summed E-state index contributed by atoms with van der Waals surface area (Å²) in [5.74, 6) is 0.215. The molecular weight excluding hydrogens is 276 g/mol. The van der Waals surface area contributed by atoms with Crippen LogP contribution >= 0.6 is 0 Å². The molecule has 5 nitrogen and oxygen atoms in total. The highest BCUT2D eigenvalue weighted by molar-refractivity contribution is 5.83. The molecule has 0 unspecified atom stereocenters. The molecule has 118 valence electrons. The standard InChI is InChI=1S/C17H24N4O/c1-20-8-10-21(11-9-20)17(22)13-18-7-6-14-12-19-16-5-3-2-4-15(14)16/h2-5,12,18-19H,6-11,13H2,1H3. The summed E-state index contributed by atoms with van der Waals surface area (Å²) < 4.78 is 0. The van der Waals surface area contributed by atoms with E-state index in [4.69, 9.17) is 0 Å². The molecule has 5 heteroatoms. The second kappa shape index (κ2) is 6.94. The Hall–Kier alpha value is -1.85. The Balaban J connectivity index is 1.43. The minimum Gasteiger partial charge on any atom is -0.361 e. The number of likely N-dealkylation sites (N-methyl/N-ethyl adjacent to an activating group) is 1. The van der Waals surface area contributed by atoms with E-state index < -0.39 is 0 Å². The molecule has 0 saturated carbocycles. The maximum absolute atomic E-state index is 12.1. The van der Waals surface area contributed by atoms with Gasteiger partial charge >= 0.3 is 0 Å². The van der Waals surface area contributed by atoms with Gasteiger partial charge in [-0.1, -0.05) is 18.2 Å². The van der Waals surface area contributed by atoms with Crippen LogP contribution in [0.4, 0.5) is 0 Å². The van der Waals surface area contributed by atoms with E-state index in [1.54, 1.807) is 0 Å². The number of benzene rings is 1. The van der Waals surface area contributed by atoms with E-state index in [1.807, 2.05) is 11.0 Å². The van der Waals surface area contributed by atoms with Crippen LogP contribution in [-0.4, -0.2) is 67.0 Å². The summed E-state index contributed by atoms with van der Waals surface area (Å²) in [7, 11) is 2.10. The molecule has 0 bridgehead atoms. The monoisotopic (exact) mass is 300 g/mol. The number of aromatic nitrogens is 1. The van der Waals surface area contributed by atoms with Crippen LogP contribution in [0.25, 0.3) is 10.9 Å². The topological polar surface area (TPSA) is 51.4 Å². The molecule has 1 saturated heterocycles. The van der Waals surface area contributed by atoms with Gasteiger partial charge in [-0.15, -0.1) is 0 Å². The second-order valence-electron chi connectivity index (χ2n) is 5.97. The number of fused-ring (bicyclic) bond motifs is 1. The average Bonchev–Trinajstić information content (AvgIpc) is 2.95. The first kappa shape index (κ1) is 15.1. The van der Waals surface area contributed by atoms with Crippen molar-refractivity contribution in [3.63, 3.8) is 0 Å². The van der Waals surface area contributed by atoms with Gasteiger partial charge in [0.1, 0.15) is 0 Å². The third-order valence-corrected chi connectivity index (χ3v) is 4.38. The summed E-state index contributed by atoms with van der Waals surface area (Å²) in [5, 5.41) is 4.55. The molecule has 1 aliphatic heterocycles. The highest BCUT2D eigenvalue weighted by atomic mass is 16.2. The lowest BCUT2D eigenvalue weighted by Crippen LogP contribution is -2.49. The lowest BCUT2D eigenvalue weighted by Gasteiger charge is -2.32. The molecular formula is C17H24N4O. The van der Waals surface area contributed by atoms with E-state index in [9.17, 15) is 4.79 Å². The first-order valence-electron chi connectivity index (χ1n) is 7.96. The van der Waals surface area contributed by atoms with Crippen LogP contribution in [0, 0.1) is 0 Å². The van der Waals surface area contributed by atoms with Gasteiger partial charge in [-0.25, -0.2) is 0 Å². The maximum atomic E-state index is 12.1. The van der Waals surface area contributed by atoms with Gasteiger partial charge in [0, 0.05) is 43.3 Å². The van der Waals surface area contributed by atoms with Crippen LogP contribution in [0.5, 0.6) is 0 Å². The van der Waals surface area contributed by atoms with Gasteiger partial charge < -0.3 is 20.1 Å². The van der Waals surface area contributed by atoms with Crippen molar-refractivity contribution >= 4 is 16.8 Å². The van der Waals surface area contributed by atoms with Crippen LogP contribution in [0.2, 0.25) is 0 Å². The van der Waals surface area contributed by atoms with E-state index in [2.05, 4.69) is 46.6 Å². The number of piperazine rings is 1. The predicted molar refractivity (Wildman–Crippen MR) is 88.9 cm³/mol. The van der Waals surface area contributed by atoms with Crippen molar-refractivity contribution in [2.45, 2.75) is 6.42 Å². The Morgan fingerprint density at radius 3 is 2.82 bits per heavy atom. The van der Waals surface area contributed by atoms with Crippen molar-refractivity contribution in [3.05, 3.63) is 36.0 Å². The molecule has 2 heterocycles. The fraction of sp³-hybridized carbons (Fsp3) is 0.471. The van der Waals surface area contributed by atoms with E-state index in [0.29, 0.717) is 6.54 Å². The van der Waals surface area contributed by atoms with Gasteiger partial charge in [-0.2, -0.15) is 0 Å². The summed E-state index contributed by atoms with van der Waals surface area (Å²) in [6.07, 6.45) is 2.99. The summed E-state index contributed by atoms with van der Waals surface area (Å²) in [5.41, 5.74) is 2.47. The molecule has 2 N–H and O–H groups in total. The Morgan fingerprint density at radius 1 is 1.23 bits per heavy atom. The lowest BCUT2D eigenvalue weighted by atomic mass is 10.1.